The van der Waals surface area contributed by atoms with Gasteiger partial charge in [-0.25, -0.2) is 0 Å². The van der Waals surface area contributed by atoms with Gasteiger partial charge >= 0.3 is 6.18 Å². The van der Waals surface area contributed by atoms with Crippen LogP contribution in [-0.4, -0.2) is 44.4 Å². The molecule has 2 rings (SSSR count). The van der Waals surface area contributed by atoms with Gasteiger partial charge in [0.1, 0.15) is 0 Å². The number of para-hydroxylation sites is 2. The summed E-state index contributed by atoms with van der Waals surface area (Å²) in [5, 5.41) is 5.89. The van der Waals surface area contributed by atoms with Gasteiger partial charge in [-0.05, 0) is 25.1 Å². The standard InChI is InChI=1S/C14H17F3N2O3.ClH/c15-14(16,17)9-22-12-4-2-1-3-11(12)21-8-13(20)19-10-5-6-18-7-10;/h1-4,10,18H,5-9H2,(H,19,20);1H. The molecule has 1 heterocycles. The Morgan fingerprint density at radius 1 is 1.26 bits per heavy atom. The first-order chi connectivity index (χ1) is 10.4. The molecule has 0 bridgehead atoms. The number of nitrogens with one attached hydrogen (secondary N) is 2. The molecule has 0 saturated carbocycles. The Balaban J connectivity index is 0.00000264. The van der Waals surface area contributed by atoms with Gasteiger partial charge in [0.15, 0.2) is 24.7 Å². The second kappa shape index (κ2) is 8.83. The summed E-state index contributed by atoms with van der Waals surface area (Å²) in [5.74, 6) is -0.263. The number of halogens is 4. The van der Waals surface area contributed by atoms with E-state index in [9.17, 15) is 18.0 Å². The summed E-state index contributed by atoms with van der Waals surface area (Å²) in [5.41, 5.74) is 0. The Morgan fingerprint density at radius 3 is 2.48 bits per heavy atom. The maximum absolute atomic E-state index is 12.2. The fraction of sp³-hybridized carbons (Fsp3) is 0.500. The lowest BCUT2D eigenvalue weighted by Gasteiger charge is -2.15. The molecule has 1 aliphatic heterocycles. The number of hydrogen-bond donors (Lipinski definition) is 2. The van der Waals surface area contributed by atoms with Gasteiger partial charge in [-0.2, -0.15) is 13.2 Å². The van der Waals surface area contributed by atoms with E-state index in [4.69, 9.17) is 4.74 Å². The lowest BCUT2D eigenvalue weighted by molar-refractivity contribution is -0.153. The number of alkyl halides is 3. The molecule has 1 aromatic rings. The SMILES string of the molecule is Cl.O=C(COc1ccccc1OCC(F)(F)F)NC1CCNC1. The summed E-state index contributed by atoms with van der Waals surface area (Å²) in [6.45, 7) is -0.132. The van der Waals surface area contributed by atoms with Crippen LogP contribution in [0.5, 0.6) is 11.5 Å². The second-order valence-electron chi connectivity index (χ2n) is 4.90. The molecule has 5 nitrogen and oxygen atoms in total. The number of carbonyl (C=O) groups excluding carboxylic acids is 1. The highest BCUT2D eigenvalue weighted by Crippen LogP contribution is 2.28. The molecule has 1 fully saturated rings. The fourth-order valence-electron chi connectivity index (χ4n) is 2.04. The molecule has 0 aliphatic carbocycles. The van der Waals surface area contributed by atoms with Crippen LogP contribution in [0.1, 0.15) is 6.42 Å². The van der Waals surface area contributed by atoms with Crippen LogP contribution in [0, 0.1) is 0 Å². The van der Waals surface area contributed by atoms with E-state index in [0.717, 1.165) is 13.0 Å². The lowest BCUT2D eigenvalue weighted by Crippen LogP contribution is -2.39. The lowest BCUT2D eigenvalue weighted by atomic mass is 10.2. The molecule has 0 radical (unpaired) electrons. The number of rotatable bonds is 6. The first-order valence-corrected chi connectivity index (χ1v) is 6.85. The number of carbonyl (C=O) groups is 1. The summed E-state index contributed by atoms with van der Waals surface area (Å²) < 4.78 is 46.5. The molecule has 1 saturated heterocycles. The van der Waals surface area contributed by atoms with Gasteiger partial charge in [-0.1, -0.05) is 12.1 Å². The summed E-state index contributed by atoms with van der Waals surface area (Å²) in [7, 11) is 0. The molecule has 2 N–H and O–H groups in total. The van der Waals surface area contributed by atoms with Crippen LogP contribution in [0.15, 0.2) is 24.3 Å². The summed E-state index contributed by atoms with van der Waals surface area (Å²) in [4.78, 5) is 11.7. The van der Waals surface area contributed by atoms with Crippen molar-refractivity contribution in [2.75, 3.05) is 26.3 Å². The van der Waals surface area contributed by atoms with Crippen LogP contribution in [0.3, 0.4) is 0 Å². The zero-order valence-corrected chi connectivity index (χ0v) is 13.0. The maximum atomic E-state index is 12.2. The summed E-state index contributed by atoms with van der Waals surface area (Å²) in [6, 6.07) is 6.00. The van der Waals surface area contributed by atoms with Gasteiger partial charge in [0.05, 0.1) is 0 Å². The molecule has 1 atom stereocenters. The van der Waals surface area contributed by atoms with Crippen molar-refractivity contribution in [3.05, 3.63) is 24.3 Å². The quantitative estimate of drug-likeness (QED) is 0.819. The van der Waals surface area contributed by atoms with Crippen molar-refractivity contribution in [2.24, 2.45) is 0 Å². The van der Waals surface area contributed by atoms with Crippen LogP contribution < -0.4 is 20.1 Å². The first kappa shape index (κ1) is 19.4. The van der Waals surface area contributed by atoms with Crippen LogP contribution in [0.4, 0.5) is 13.2 Å². The molecule has 0 spiro atoms. The van der Waals surface area contributed by atoms with Crippen molar-refractivity contribution in [3.63, 3.8) is 0 Å². The van der Waals surface area contributed by atoms with E-state index in [1.54, 1.807) is 6.07 Å². The Labute approximate surface area is 137 Å². The molecule has 9 heteroatoms. The Hall–Kier alpha value is -1.67. The van der Waals surface area contributed by atoms with E-state index in [1.165, 1.54) is 18.2 Å². The van der Waals surface area contributed by atoms with Gasteiger partial charge in [0, 0.05) is 12.6 Å². The van der Waals surface area contributed by atoms with E-state index in [1.807, 2.05) is 0 Å². The van der Waals surface area contributed by atoms with Gasteiger partial charge in [0.2, 0.25) is 0 Å². The second-order valence-corrected chi connectivity index (χ2v) is 4.90. The minimum atomic E-state index is -4.43. The zero-order valence-electron chi connectivity index (χ0n) is 12.2. The molecule has 1 unspecified atom stereocenters. The fourth-order valence-corrected chi connectivity index (χ4v) is 2.04. The minimum absolute atomic E-state index is 0. The van der Waals surface area contributed by atoms with Gasteiger partial charge in [-0.3, -0.25) is 4.79 Å². The van der Waals surface area contributed by atoms with Crippen molar-refractivity contribution in [1.82, 2.24) is 10.6 Å². The Bertz CT molecular complexity index is 508. The first-order valence-electron chi connectivity index (χ1n) is 6.85. The summed E-state index contributed by atoms with van der Waals surface area (Å²) >= 11 is 0. The predicted molar refractivity (Wildman–Crippen MR) is 80.2 cm³/mol. The molecule has 1 aliphatic rings. The Kier molecular flexibility index (Phi) is 7.44. The van der Waals surface area contributed by atoms with Crippen LogP contribution in [0.25, 0.3) is 0 Å². The minimum Gasteiger partial charge on any atom is -0.480 e. The molecule has 130 valence electrons. The highest BCUT2D eigenvalue weighted by atomic mass is 35.5. The van der Waals surface area contributed by atoms with Gasteiger partial charge in [-0.15, -0.1) is 12.4 Å². The van der Waals surface area contributed by atoms with Crippen LogP contribution in [-0.2, 0) is 4.79 Å². The number of benzene rings is 1. The highest BCUT2D eigenvalue weighted by Gasteiger charge is 2.29. The van der Waals surface area contributed by atoms with E-state index >= 15 is 0 Å². The van der Waals surface area contributed by atoms with Crippen molar-refractivity contribution >= 4 is 18.3 Å². The molecule has 23 heavy (non-hydrogen) atoms. The molecule has 1 aromatic carbocycles. The number of amides is 1. The van der Waals surface area contributed by atoms with Crippen molar-refractivity contribution in [2.45, 2.75) is 18.6 Å². The molecule has 0 aromatic heterocycles. The average molecular weight is 355 g/mol. The number of hydrogen-bond acceptors (Lipinski definition) is 4. The van der Waals surface area contributed by atoms with Gasteiger partial charge < -0.3 is 20.1 Å². The topological polar surface area (TPSA) is 59.6 Å². The van der Waals surface area contributed by atoms with Crippen molar-refractivity contribution in [3.8, 4) is 11.5 Å². The van der Waals surface area contributed by atoms with Crippen molar-refractivity contribution in [1.29, 1.82) is 0 Å². The monoisotopic (exact) mass is 354 g/mol. The normalized spacial score (nSPS) is 17.3. The van der Waals surface area contributed by atoms with Crippen LogP contribution >= 0.6 is 12.4 Å². The largest absolute Gasteiger partial charge is 0.480 e. The molecular weight excluding hydrogens is 337 g/mol. The number of ether oxygens (including phenoxy) is 2. The van der Waals surface area contributed by atoms with Crippen LogP contribution in [0.2, 0.25) is 0 Å². The molecular formula is C14H18ClF3N2O3. The average Bonchev–Trinajstić information content (AvgIpc) is 2.96. The van der Waals surface area contributed by atoms with Crippen molar-refractivity contribution < 1.29 is 27.4 Å². The van der Waals surface area contributed by atoms with Gasteiger partial charge in [0.25, 0.3) is 5.91 Å². The predicted octanol–water partition coefficient (Wildman–Crippen LogP) is 1.91. The third-order valence-electron chi connectivity index (χ3n) is 3.02. The van der Waals surface area contributed by atoms with E-state index < -0.39 is 12.8 Å². The maximum Gasteiger partial charge on any atom is 0.422 e. The summed E-state index contributed by atoms with van der Waals surface area (Å²) in [6.07, 6.45) is -3.59. The highest BCUT2D eigenvalue weighted by molar-refractivity contribution is 5.85. The smallest absolute Gasteiger partial charge is 0.422 e. The zero-order chi connectivity index (χ0) is 16.0. The van der Waals surface area contributed by atoms with E-state index in [0.29, 0.717) is 6.54 Å². The molecule has 1 amide bonds. The van der Waals surface area contributed by atoms with E-state index in [2.05, 4.69) is 15.4 Å². The third kappa shape index (κ3) is 6.96. The third-order valence-corrected chi connectivity index (χ3v) is 3.02. The van der Waals surface area contributed by atoms with E-state index in [-0.39, 0.29) is 42.5 Å². The Morgan fingerprint density at radius 2 is 1.91 bits per heavy atom.